The van der Waals surface area contributed by atoms with Crippen molar-refractivity contribution in [1.29, 1.82) is 0 Å². The van der Waals surface area contributed by atoms with Crippen molar-refractivity contribution in [3.63, 3.8) is 0 Å². The van der Waals surface area contributed by atoms with Gasteiger partial charge < -0.3 is 20.0 Å². The second-order valence-electron chi connectivity index (χ2n) is 5.84. The molecule has 24 heavy (non-hydrogen) atoms. The number of aromatic nitrogens is 3. The van der Waals surface area contributed by atoms with Gasteiger partial charge >= 0.3 is 0 Å². The maximum Gasteiger partial charge on any atom is 0.290 e. The number of imidazole rings is 1. The smallest absolute Gasteiger partial charge is 0.290 e. The van der Waals surface area contributed by atoms with E-state index in [2.05, 4.69) is 15.0 Å². The van der Waals surface area contributed by atoms with E-state index in [0.29, 0.717) is 23.0 Å². The lowest BCUT2D eigenvalue weighted by molar-refractivity contribution is 0.0666. The van der Waals surface area contributed by atoms with E-state index in [-0.39, 0.29) is 23.7 Å². The van der Waals surface area contributed by atoms with Crippen LogP contribution in [0.1, 0.15) is 34.8 Å². The van der Waals surface area contributed by atoms with Gasteiger partial charge in [0.15, 0.2) is 5.82 Å². The van der Waals surface area contributed by atoms with Gasteiger partial charge in [-0.2, -0.15) is 0 Å². The molecule has 1 aliphatic heterocycles. The van der Waals surface area contributed by atoms with Crippen LogP contribution in [0.3, 0.4) is 0 Å². The van der Waals surface area contributed by atoms with E-state index < -0.39 is 0 Å². The Bertz CT molecular complexity index is 963. The van der Waals surface area contributed by atoms with E-state index in [4.69, 9.17) is 23.2 Å². The van der Waals surface area contributed by atoms with Crippen molar-refractivity contribution in [3.05, 3.63) is 45.5 Å². The van der Waals surface area contributed by atoms with Crippen LogP contribution in [0.25, 0.3) is 10.9 Å². The van der Waals surface area contributed by atoms with Gasteiger partial charge in [0.2, 0.25) is 5.88 Å². The first-order valence-corrected chi connectivity index (χ1v) is 8.26. The number of benzene rings is 1. The van der Waals surface area contributed by atoms with Crippen molar-refractivity contribution in [2.75, 3.05) is 6.54 Å². The Hall–Kier alpha value is -2.18. The van der Waals surface area contributed by atoms with Gasteiger partial charge in [0, 0.05) is 29.6 Å². The Balaban J connectivity index is 1.78. The average Bonchev–Trinajstić information content (AvgIpc) is 3.15. The van der Waals surface area contributed by atoms with E-state index in [1.54, 1.807) is 11.0 Å². The summed E-state index contributed by atoms with van der Waals surface area (Å²) in [6.07, 6.45) is 1.90. The van der Waals surface area contributed by atoms with E-state index in [1.807, 2.05) is 13.0 Å². The molecule has 0 saturated heterocycles. The molecule has 0 fully saturated rings. The highest BCUT2D eigenvalue weighted by Gasteiger charge is 2.32. The molecule has 2 aromatic heterocycles. The summed E-state index contributed by atoms with van der Waals surface area (Å²) in [6.45, 7) is 2.51. The first-order valence-electron chi connectivity index (χ1n) is 7.50. The largest absolute Gasteiger partial charge is 0.493 e. The molecule has 1 aromatic carbocycles. The molecule has 3 heterocycles. The summed E-state index contributed by atoms with van der Waals surface area (Å²) in [7, 11) is 0. The van der Waals surface area contributed by atoms with Crippen LogP contribution in [0.5, 0.6) is 5.88 Å². The standard InChI is InChI=1S/C16H14Cl2N4O2/c1-7-12-8-2-3-9(17)13(18)14(8)20-10(12)4-5-22(7)16(24)15-19-6-11(23)21-15/h2-3,6-7,20,23H,4-5H2,1H3,(H,19,21)/t7-/m0/s1. The Morgan fingerprint density at radius 2 is 2.17 bits per heavy atom. The molecular weight excluding hydrogens is 351 g/mol. The van der Waals surface area contributed by atoms with Crippen LogP contribution in [-0.2, 0) is 6.42 Å². The number of nitrogens with one attached hydrogen (secondary N) is 2. The van der Waals surface area contributed by atoms with Crippen molar-refractivity contribution in [2.45, 2.75) is 19.4 Å². The SMILES string of the molecule is C[C@H]1c2c([nH]c3c(Cl)c(Cl)ccc23)CCN1C(=O)c1ncc(O)[nH]1. The topological polar surface area (TPSA) is 85.0 Å². The zero-order chi connectivity index (χ0) is 17.0. The summed E-state index contributed by atoms with van der Waals surface area (Å²) >= 11 is 12.4. The third-order valence-electron chi connectivity index (χ3n) is 4.50. The third kappa shape index (κ3) is 2.17. The fourth-order valence-corrected chi connectivity index (χ4v) is 3.74. The van der Waals surface area contributed by atoms with Gasteiger partial charge in [-0.3, -0.25) is 4.79 Å². The normalized spacial score (nSPS) is 17.3. The highest BCUT2D eigenvalue weighted by molar-refractivity contribution is 6.45. The minimum atomic E-state index is -0.247. The maximum atomic E-state index is 12.7. The number of hydrogen-bond acceptors (Lipinski definition) is 3. The molecule has 1 aliphatic rings. The Kier molecular flexibility index (Phi) is 3.47. The fourth-order valence-electron chi connectivity index (χ4n) is 3.37. The van der Waals surface area contributed by atoms with E-state index in [9.17, 15) is 9.90 Å². The lowest BCUT2D eigenvalue weighted by Gasteiger charge is -2.33. The predicted molar refractivity (Wildman–Crippen MR) is 91.7 cm³/mol. The molecule has 3 aromatic rings. The average molecular weight is 365 g/mol. The van der Waals surface area contributed by atoms with Crippen molar-refractivity contribution >= 4 is 40.0 Å². The van der Waals surface area contributed by atoms with Crippen LogP contribution in [0.15, 0.2) is 18.3 Å². The van der Waals surface area contributed by atoms with E-state index >= 15 is 0 Å². The molecule has 124 valence electrons. The summed E-state index contributed by atoms with van der Waals surface area (Å²) in [4.78, 5) is 24.2. The number of carbonyl (C=O) groups excluding carboxylic acids is 1. The Labute approximate surface area is 147 Å². The van der Waals surface area contributed by atoms with Crippen LogP contribution in [0.4, 0.5) is 0 Å². The van der Waals surface area contributed by atoms with Gasteiger partial charge in [-0.05, 0) is 13.0 Å². The molecule has 0 saturated carbocycles. The minimum Gasteiger partial charge on any atom is -0.493 e. The van der Waals surface area contributed by atoms with Crippen LogP contribution >= 0.6 is 23.2 Å². The number of halogens is 2. The van der Waals surface area contributed by atoms with Crippen LogP contribution in [-0.4, -0.2) is 37.4 Å². The number of carbonyl (C=O) groups is 1. The van der Waals surface area contributed by atoms with Gasteiger partial charge in [-0.1, -0.05) is 29.3 Å². The van der Waals surface area contributed by atoms with Crippen molar-refractivity contribution in [2.24, 2.45) is 0 Å². The maximum absolute atomic E-state index is 12.7. The summed E-state index contributed by atoms with van der Waals surface area (Å²) in [5, 5.41) is 11.3. The number of fused-ring (bicyclic) bond motifs is 3. The van der Waals surface area contributed by atoms with Gasteiger partial charge in [0.05, 0.1) is 27.8 Å². The molecular formula is C16H14Cl2N4O2. The number of rotatable bonds is 1. The number of hydrogen-bond donors (Lipinski definition) is 3. The zero-order valence-electron chi connectivity index (χ0n) is 12.7. The molecule has 0 unspecified atom stereocenters. The number of aromatic amines is 2. The number of amides is 1. The summed E-state index contributed by atoms with van der Waals surface area (Å²) < 4.78 is 0. The molecule has 0 aliphatic carbocycles. The molecule has 8 heteroatoms. The molecule has 3 N–H and O–H groups in total. The Morgan fingerprint density at radius 1 is 1.38 bits per heavy atom. The zero-order valence-corrected chi connectivity index (χ0v) is 14.2. The molecule has 0 bridgehead atoms. The molecule has 0 spiro atoms. The fraction of sp³-hybridized carbons (Fsp3) is 0.250. The first kappa shape index (κ1) is 15.4. The van der Waals surface area contributed by atoms with Crippen molar-refractivity contribution < 1.29 is 9.90 Å². The second kappa shape index (κ2) is 5.43. The molecule has 1 amide bonds. The van der Waals surface area contributed by atoms with Gasteiger partial charge in [-0.15, -0.1) is 0 Å². The van der Waals surface area contributed by atoms with Gasteiger partial charge in [-0.25, -0.2) is 4.98 Å². The lowest BCUT2D eigenvalue weighted by Crippen LogP contribution is -2.39. The highest BCUT2D eigenvalue weighted by atomic mass is 35.5. The lowest BCUT2D eigenvalue weighted by atomic mass is 9.97. The van der Waals surface area contributed by atoms with Crippen LogP contribution in [0.2, 0.25) is 10.0 Å². The monoisotopic (exact) mass is 364 g/mol. The number of aromatic hydroxyl groups is 1. The van der Waals surface area contributed by atoms with Gasteiger partial charge in [0.1, 0.15) is 0 Å². The molecule has 1 atom stereocenters. The van der Waals surface area contributed by atoms with Crippen molar-refractivity contribution in [1.82, 2.24) is 19.9 Å². The number of nitrogens with zero attached hydrogens (tertiary/aromatic N) is 2. The summed E-state index contributed by atoms with van der Waals surface area (Å²) in [5.41, 5.74) is 2.90. The summed E-state index contributed by atoms with van der Waals surface area (Å²) in [5.74, 6) is -0.246. The van der Waals surface area contributed by atoms with E-state index in [1.165, 1.54) is 6.20 Å². The predicted octanol–water partition coefficient (Wildman–Crippen LogP) is 3.66. The Morgan fingerprint density at radius 3 is 2.88 bits per heavy atom. The van der Waals surface area contributed by atoms with E-state index in [0.717, 1.165) is 22.2 Å². The van der Waals surface area contributed by atoms with Gasteiger partial charge in [0.25, 0.3) is 5.91 Å². The molecule has 4 rings (SSSR count). The first-order chi connectivity index (χ1) is 11.5. The summed E-state index contributed by atoms with van der Waals surface area (Å²) in [6, 6.07) is 3.53. The second-order valence-corrected chi connectivity index (χ2v) is 6.63. The third-order valence-corrected chi connectivity index (χ3v) is 5.30. The highest BCUT2D eigenvalue weighted by Crippen LogP contribution is 2.40. The van der Waals surface area contributed by atoms with Crippen LogP contribution in [0, 0.1) is 0 Å². The van der Waals surface area contributed by atoms with Crippen molar-refractivity contribution in [3.8, 4) is 5.88 Å². The molecule has 0 radical (unpaired) electrons. The number of H-pyrrole nitrogens is 2. The minimum absolute atomic E-state index is 0.128. The quantitative estimate of drug-likeness (QED) is 0.615. The molecule has 6 nitrogen and oxygen atoms in total. The van der Waals surface area contributed by atoms with Crippen LogP contribution < -0.4 is 0 Å².